The lowest BCUT2D eigenvalue weighted by molar-refractivity contribution is 0.112. The second-order valence-electron chi connectivity index (χ2n) is 5.47. The summed E-state index contributed by atoms with van der Waals surface area (Å²) in [5, 5.41) is 0.988. The number of aldehydes is 1. The lowest BCUT2D eigenvalue weighted by Crippen LogP contribution is -1.95. The molecule has 112 valence electrons. The predicted octanol–water partition coefficient (Wildman–Crippen LogP) is 4.66. The van der Waals surface area contributed by atoms with Crippen molar-refractivity contribution in [3.63, 3.8) is 0 Å². The smallest absolute Gasteiger partial charge is 0.152 e. The van der Waals surface area contributed by atoms with Gasteiger partial charge >= 0.3 is 0 Å². The molecule has 0 bridgehead atoms. The summed E-state index contributed by atoms with van der Waals surface area (Å²) in [6, 6.07) is 12.0. The molecule has 3 nitrogen and oxygen atoms in total. The van der Waals surface area contributed by atoms with E-state index < -0.39 is 0 Å². The molecular formula is C19H19NO2. The zero-order valence-corrected chi connectivity index (χ0v) is 13.1. The summed E-state index contributed by atoms with van der Waals surface area (Å²) >= 11 is 0. The highest BCUT2D eigenvalue weighted by molar-refractivity contribution is 6.06. The first kappa shape index (κ1) is 14.4. The maximum atomic E-state index is 11.7. The van der Waals surface area contributed by atoms with Crippen LogP contribution < -0.4 is 4.74 Å². The number of aryl methyl sites for hydroxylation is 2. The average Bonchev–Trinajstić information content (AvgIpc) is 2.86. The topological polar surface area (TPSA) is 42.1 Å². The molecule has 3 rings (SSSR count). The minimum Gasteiger partial charge on any atom is -0.493 e. The number of para-hydroxylation sites is 1. The van der Waals surface area contributed by atoms with Gasteiger partial charge in [0.2, 0.25) is 0 Å². The van der Waals surface area contributed by atoms with Crippen molar-refractivity contribution in [3.05, 3.63) is 53.1 Å². The number of aromatic amines is 1. The van der Waals surface area contributed by atoms with Gasteiger partial charge in [-0.2, -0.15) is 0 Å². The number of nitrogens with one attached hydrogen (secondary N) is 1. The highest BCUT2D eigenvalue weighted by Crippen LogP contribution is 2.36. The number of rotatable bonds is 4. The van der Waals surface area contributed by atoms with E-state index in [9.17, 15) is 4.79 Å². The van der Waals surface area contributed by atoms with Crippen LogP contribution in [0.2, 0.25) is 0 Å². The molecule has 3 heteroatoms. The molecule has 0 aliphatic carbocycles. The molecule has 0 saturated heterocycles. The molecule has 0 aliphatic rings. The Balaban J connectivity index is 2.32. The number of hydrogen-bond donors (Lipinski definition) is 1. The molecule has 0 radical (unpaired) electrons. The maximum absolute atomic E-state index is 11.7. The van der Waals surface area contributed by atoms with E-state index in [1.807, 2.05) is 38.1 Å². The molecule has 0 saturated carbocycles. The van der Waals surface area contributed by atoms with Crippen LogP contribution in [0.1, 0.15) is 28.4 Å². The van der Waals surface area contributed by atoms with Crippen molar-refractivity contribution < 1.29 is 9.53 Å². The number of fused-ring (bicyclic) bond motifs is 1. The predicted molar refractivity (Wildman–Crippen MR) is 89.8 cm³/mol. The second kappa shape index (κ2) is 5.68. The Labute approximate surface area is 129 Å². The van der Waals surface area contributed by atoms with Crippen LogP contribution in [0, 0.1) is 13.8 Å². The van der Waals surface area contributed by atoms with Crippen molar-refractivity contribution in [2.45, 2.75) is 20.8 Å². The summed E-state index contributed by atoms with van der Waals surface area (Å²) < 4.78 is 5.70. The van der Waals surface area contributed by atoms with Crippen LogP contribution in [0.4, 0.5) is 0 Å². The molecule has 0 aliphatic heterocycles. The Bertz CT molecular complexity index is 846. The van der Waals surface area contributed by atoms with Gasteiger partial charge in [-0.1, -0.05) is 18.2 Å². The van der Waals surface area contributed by atoms with Gasteiger partial charge in [0.05, 0.1) is 12.3 Å². The molecule has 0 atom stereocenters. The third-order valence-corrected chi connectivity index (χ3v) is 3.85. The number of ether oxygens (including phenoxy) is 1. The van der Waals surface area contributed by atoms with Crippen LogP contribution in [0.25, 0.3) is 22.2 Å². The third kappa shape index (κ3) is 2.29. The number of hydrogen-bond acceptors (Lipinski definition) is 2. The Hall–Kier alpha value is -2.55. The Kier molecular flexibility index (Phi) is 3.72. The minimum absolute atomic E-state index is 0.589. The Morgan fingerprint density at radius 1 is 1.18 bits per heavy atom. The van der Waals surface area contributed by atoms with Crippen LogP contribution in [-0.2, 0) is 0 Å². The molecule has 0 spiro atoms. The highest BCUT2D eigenvalue weighted by Gasteiger charge is 2.17. The van der Waals surface area contributed by atoms with Crippen molar-refractivity contribution in [1.82, 2.24) is 4.98 Å². The van der Waals surface area contributed by atoms with E-state index in [4.69, 9.17) is 4.74 Å². The molecule has 1 N–H and O–H groups in total. The van der Waals surface area contributed by atoms with E-state index in [0.29, 0.717) is 12.2 Å². The number of carbonyl (C=O) groups excluding carboxylic acids is 1. The van der Waals surface area contributed by atoms with Crippen molar-refractivity contribution in [2.75, 3.05) is 6.61 Å². The van der Waals surface area contributed by atoms with Gasteiger partial charge < -0.3 is 9.72 Å². The largest absolute Gasteiger partial charge is 0.493 e. The van der Waals surface area contributed by atoms with E-state index in [-0.39, 0.29) is 0 Å². The molecule has 0 unspecified atom stereocenters. The summed E-state index contributed by atoms with van der Waals surface area (Å²) in [7, 11) is 0. The van der Waals surface area contributed by atoms with E-state index >= 15 is 0 Å². The van der Waals surface area contributed by atoms with Crippen LogP contribution in [0.3, 0.4) is 0 Å². The SMILES string of the molecule is CCOc1ccccc1-c1[nH]c2cc(C)cc(C)c2c1C=O. The molecule has 0 amide bonds. The standard InChI is InChI=1S/C19H19NO2/c1-4-22-17-8-6-5-7-14(17)19-15(11-21)18-13(3)9-12(2)10-16(18)20-19/h5-11,20H,4H2,1-3H3. The van der Waals surface area contributed by atoms with Gasteiger partial charge in [0.15, 0.2) is 6.29 Å². The zero-order valence-electron chi connectivity index (χ0n) is 13.1. The number of benzene rings is 2. The molecule has 1 heterocycles. The third-order valence-electron chi connectivity index (χ3n) is 3.85. The fourth-order valence-electron chi connectivity index (χ4n) is 3.04. The van der Waals surface area contributed by atoms with Crippen LogP contribution in [0.5, 0.6) is 5.75 Å². The Morgan fingerprint density at radius 2 is 1.95 bits per heavy atom. The summed E-state index contributed by atoms with van der Waals surface area (Å²) in [4.78, 5) is 15.1. The van der Waals surface area contributed by atoms with Gasteiger partial charge in [-0.05, 0) is 50.1 Å². The van der Waals surface area contributed by atoms with Gasteiger partial charge in [0.1, 0.15) is 5.75 Å². The minimum atomic E-state index is 0.589. The highest BCUT2D eigenvalue weighted by atomic mass is 16.5. The monoisotopic (exact) mass is 293 g/mol. The molecule has 1 aromatic heterocycles. The maximum Gasteiger partial charge on any atom is 0.152 e. The van der Waals surface area contributed by atoms with Crippen molar-refractivity contribution >= 4 is 17.2 Å². The van der Waals surface area contributed by atoms with Gasteiger partial charge in [-0.3, -0.25) is 4.79 Å². The molecular weight excluding hydrogens is 274 g/mol. The molecule has 0 fully saturated rings. The van der Waals surface area contributed by atoms with Gasteiger partial charge in [0.25, 0.3) is 0 Å². The molecule has 22 heavy (non-hydrogen) atoms. The summed E-state index contributed by atoms with van der Waals surface area (Å²) in [6.07, 6.45) is 0.930. The lowest BCUT2D eigenvalue weighted by Gasteiger charge is -2.09. The van der Waals surface area contributed by atoms with Gasteiger partial charge in [-0.15, -0.1) is 0 Å². The van der Waals surface area contributed by atoms with Gasteiger partial charge in [-0.25, -0.2) is 0 Å². The van der Waals surface area contributed by atoms with E-state index in [2.05, 4.69) is 24.0 Å². The van der Waals surface area contributed by atoms with Crippen molar-refractivity contribution in [3.8, 4) is 17.0 Å². The summed E-state index contributed by atoms with van der Waals surface area (Å²) in [5.41, 5.74) is 5.70. The number of carbonyl (C=O) groups is 1. The first-order chi connectivity index (χ1) is 10.7. The van der Waals surface area contributed by atoms with Gasteiger partial charge in [0, 0.05) is 22.0 Å². The van der Waals surface area contributed by atoms with E-state index in [1.54, 1.807) is 0 Å². The summed E-state index contributed by atoms with van der Waals surface area (Å²) in [6.45, 7) is 6.64. The van der Waals surface area contributed by atoms with Crippen molar-refractivity contribution in [2.24, 2.45) is 0 Å². The zero-order chi connectivity index (χ0) is 15.7. The first-order valence-corrected chi connectivity index (χ1v) is 7.46. The van der Waals surface area contributed by atoms with E-state index in [1.165, 1.54) is 5.56 Å². The Morgan fingerprint density at radius 3 is 2.68 bits per heavy atom. The lowest BCUT2D eigenvalue weighted by atomic mass is 10.0. The molecule has 2 aromatic carbocycles. The second-order valence-corrected chi connectivity index (χ2v) is 5.47. The van der Waals surface area contributed by atoms with E-state index in [0.717, 1.165) is 39.8 Å². The fourth-order valence-corrected chi connectivity index (χ4v) is 3.04. The normalized spacial score (nSPS) is 10.9. The van der Waals surface area contributed by atoms with Crippen molar-refractivity contribution in [1.29, 1.82) is 0 Å². The average molecular weight is 293 g/mol. The number of aromatic nitrogens is 1. The van der Waals surface area contributed by atoms with Crippen LogP contribution >= 0.6 is 0 Å². The molecule has 3 aromatic rings. The van der Waals surface area contributed by atoms with Crippen LogP contribution in [0.15, 0.2) is 36.4 Å². The first-order valence-electron chi connectivity index (χ1n) is 7.46. The fraction of sp³-hybridized carbons (Fsp3) is 0.211. The summed E-state index contributed by atoms with van der Waals surface area (Å²) in [5.74, 6) is 0.786. The number of H-pyrrole nitrogens is 1. The quantitative estimate of drug-likeness (QED) is 0.711. The van der Waals surface area contributed by atoms with Crippen LogP contribution in [-0.4, -0.2) is 17.9 Å².